The van der Waals surface area contributed by atoms with Gasteiger partial charge in [0.2, 0.25) is 7.71 Å². The highest BCUT2D eigenvalue weighted by Crippen LogP contribution is 2.71. The lowest BCUT2D eigenvalue weighted by Crippen LogP contribution is -2.50. The van der Waals surface area contributed by atoms with E-state index in [-0.39, 0.29) is 0 Å². The Morgan fingerprint density at radius 1 is 0.593 bits per heavy atom. The molecule has 27 heavy (non-hydrogen) atoms. The summed E-state index contributed by atoms with van der Waals surface area (Å²) in [5.41, 5.74) is 1.48. The molecule has 0 radical (unpaired) electrons. The van der Waals surface area contributed by atoms with Crippen LogP contribution in [0, 0.1) is 0 Å². The molecule has 0 N–H and O–H groups in total. The zero-order valence-electron chi connectivity index (χ0n) is 16.8. The molecular formula is C22H36ClN3P+. The Bertz CT molecular complexity index is 530. The van der Waals surface area contributed by atoms with E-state index < -0.39 is 7.71 Å². The van der Waals surface area contributed by atoms with Crippen molar-refractivity contribution in [3.05, 3.63) is 34.9 Å². The lowest BCUT2D eigenvalue weighted by atomic mass is 10.2. The second-order valence-electron chi connectivity index (χ2n) is 8.52. The fraction of sp³-hybridized carbons (Fsp3) is 0.727. The van der Waals surface area contributed by atoms with Crippen LogP contribution in [0.1, 0.15) is 63.4 Å². The molecule has 1 aromatic carbocycles. The van der Waals surface area contributed by atoms with Crippen LogP contribution in [0.25, 0.3) is 0 Å². The van der Waals surface area contributed by atoms with Crippen molar-refractivity contribution in [2.75, 3.05) is 39.3 Å². The predicted octanol–water partition coefficient (Wildman–Crippen LogP) is 6.06. The van der Waals surface area contributed by atoms with Gasteiger partial charge in [-0.15, -0.1) is 14.0 Å². The topological polar surface area (TPSA) is 9.72 Å². The largest absolute Gasteiger partial charge is 0.231 e. The molecule has 0 bridgehead atoms. The Labute approximate surface area is 171 Å². The lowest BCUT2D eigenvalue weighted by Gasteiger charge is -2.50. The standard InChI is InChI=1S/C22H36ClN3P/c23-22-12-10-21(11-13-22)20-27(24-14-4-1-5-15-24,25-16-6-2-7-17-25)26-18-8-3-9-19-26/h10-13H,1-9,14-20H2/q+1. The fourth-order valence-corrected chi connectivity index (χ4v) is 10.5. The van der Waals surface area contributed by atoms with Gasteiger partial charge in [0.1, 0.15) is 6.16 Å². The van der Waals surface area contributed by atoms with Gasteiger partial charge in [0, 0.05) is 44.3 Å². The van der Waals surface area contributed by atoms with Crippen molar-refractivity contribution in [2.24, 2.45) is 0 Å². The fourth-order valence-electron chi connectivity index (χ4n) is 5.26. The van der Waals surface area contributed by atoms with E-state index in [1.165, 1.54) is 109 Å². The molecule has 5 heteroatoms. The molecule has 150 valence electrons. The molecule has 0 amide bonds. The first-order chi connectivity index (χ1) is 13.3. The molecule has 0 atom stereocenters. The first-order valence-electron chi connectivity index (χ1n) is 11.2. The molecule has 3 nitrogen and oxygen atoms in total. The zero-order chi connectivity index (χ0) is 18.5. The number of hydrogen-bond acceptors (Lipinski definition) is 3. The smallest absolute Gasteiger partial charge is 0.148 e. The summed E-state index contributed by atoms with van der Waals surface area (Å²) >= 11 is 6.21. The van der Waals surface area contributed by atoms with E-state index in [2.05, 4.69) is 38.3 Å². The molecule has 0 unspecified atom stereocenters. The van der Waals surface area contributed by atoms with Crippen molar-refractivity contribution in [1.82, 2.24) is 14.0 Å². The third kappa shape index (κ3) is 4.54. The number of piperidine rings is 3. The summed E-state index contributed by atoms with van der Waals surface area (Å²) in [4.78, 5) is 0. The molecule has 3 aliphatic heterocycles. The minimum absolute atomic E-state index is 0.858. The van der Waals surface area contributed by atoms with Gasteiger partial charge in [-0.3, -0.25) is 0 Å². The van der Waals surface area contributed by atoms with Crippen molar-refractivity contribution >= 4 is 19.3 Å². The molecule has 4 rings (SSSR count). The van der Waals surface area contributed by atoms with Gasteiger partial charge in [0.05, 0.1) is 0 Å². The zero-order valence-corrected chi connectivity index (χ0v) is 18.4. The van der Waals surface area contributed by atoms with Crippen molar-refractivity contribution in [1.29, 1.82) is 0 Å². The van der Waals surface area contributed by atoms with Crippen LogP contribution in [0.5, 0.6) is 0 Å². The van der Waals surface area contributed by atoms with Crippen molar-refractivity contribution in [3.8, 4) is 0 Å². The Morgan fingerprint density at radius 3 is 1.33 bits per heavy atom. The van der Waals surface area contributed by atoms with E-state index in [1.54, 1.807) is 0 Å². The number of nitrogens with zero attached hydrogens (tertiary/aromatic N) is 3. The van der Waals surface area contributed by atoms with Crippen LogP contribution in [0.3, 0.4) is 0 Å². The summed E-state index contributed by atoms with van der Waals surface area (Å²) in [6.45, 7) is 7.80. The average Bonchev–Trinajstić information content (AvgIpc) is 2.75. The normalized spacial score (nSPS) is 24.2. The second-order valence-corrected chi connectivity index (χ2v) is 12.4. The van der Waals surface area contributed by atoms with Gasteiger partial charge in [-0.1, -0.05) is 43.0 Å². The van der Waals surface area contributed by atoms with Crippen LogP contribution in [0.2, 0.25) is 5.02 Å². The predicted molar refractivity (Wildman–Crippen MR) is 118 cm³/mol. The summed E-state index contributed by atoms with van der Waals surface area (Å²) in [5.74, 6) is 0. The van der Waals surface area contributed by atoms with E-state index in [4.69, 9.17) is 11.6 Å². The number of halogens is 1. The number of hydrogen-bond donors (Lipinski definition) is 0. The Hall–Kier alpha value is -0.180. The van der Waals surface area contributed by atoms with Gasteiger partial charge in [-0.2, -0.15) is 0 Å². The summed E-state index contributed by atoms with van der Waals surface area (Å²) < 4.78 is 8.92. The highest BCUT2D eigenvalue weighted by molar-refractivity contribution is 7.68. The summed E-state index contributed by atoms with van der Waals surface area (Å²) in [6, 6.07) is 8.76. The van der Waals surface area contributed by atoms with Gasteiger partial charge in [-0.25, -0.2) is 0 Å². The highest BCUT2D eigenvalue weighted by Gasteiger charge is 2.56. The first kappa shape index (κ1) is 20.1. The van der Waals surface area contributed by atoms with Gasteiger partial charge in [-0.05, 0) is 56.2 Å². The molecular weight excluding hydrogens is 373 g/mol. The van der Waals surface area contributed by atoms with Crippen LogP contribution in [0.4, 0.5) is 0 Å². The summed E-state index contributed by atoms with van der Waals surface area (Å²) in [5, 5.41) is 0.858. The maximum Gasteiger partial charge on any atom is 0.231 e. The van der Waals surface area contributed by atoms with Crippen LogP contribution < -0.4 is 0 Å². The second kappa shape index (κ2) is 9.55. The molecule has 3 aliphatic rings. The van der Waals surface area contributed by atoms with Gasteiger partial charge >= 0.3 is 0 Å². The van der Waals surface area contributed by atoms with Gasteiger partial charge < -0.3 is 0 Å². The first-order valence-corrected chi connectivity index (χ1v) is 13.4. The van der Waals surface area contributed by atoms with E-state index in [1.807, 2.05) is 0 Å². The summed E-state index contributed by atoms with van der Waals surface area (Å²) in [7, 11) is -1.50. The molecule has 0 aliphatic carbocycles. The highest BCUT2D eigenvalue weighted by atomic mass is 35.5. The van der Waals surface area contributed by atoms with Crippen molar-refractivity contribution < 1.29 is 0 Å². The van der Waals surface area contributed by atoms with Crippen LogP contribution in [-0.2, 0) is 6.16 Å². The maximum absolute atomic E-state index is 6.21. The van der Waals surface area contributed by atoms with Crippen LogP contribution in [0.15, 0.2) is 24.3 Å². The van der Waals surface area contributed by atoms with E-state index in [0.717, 1.165) is 5.02 Å². The molecule has 3 saturated heterocycles. The Morgan fingerprint density at radius 2 is 0.963 bits per heavy atom. The quantitative estimate of drug-likeness (QED) is 0.548. The number of rotatable bonds is 5. The minimum atomic E-state index is -1.50. The number of benzene rings is 1. The molecule has 0 saturated carbocycles. The maximum atomic E-state index is 6.21. The van der Waals surface area contributed by atoms with E-state index in [0.29, 0.717) is 0 Å². The third-order valence-electron chi connectivity index (χ3n) is 6.66. The molecule has 0 aromatic heterocycles. The Kier molecular flexibility index (Phi) is 7.11. The van der Waals surface area contributed by atoms with E-state index >= 15 is 0 Å². The summed E-state index contributed by atoms with van der Waals surface area (Å²) in [6.07, 6.45) is 13.7. The molecule has 3 heterocycles. The van der Waals surface area contributed by atoms with Crippen molar-refractivity contribution in [2.45, 2.75) is 63.9 Å². The van der Waals surface area contributed by atoms with Crippen LogP contribution in [-0.4, -0.2) is 53.3 Å². The van der Waals surface area contributed by atoms with Gasteiger partial charge in [0.25, 0.3) is 0 Å². The van der Waals surface area contributed by atoms with Crippen molar-refractivity contribution in [3.63, 3.8) is 0 Å². The van der Waals surface area contributed by atoms with Gasteiger partial charge in [0.15, 0.2) is 0 Å². The molecule has 1 aromatic rings. The third-order valence-corrected chi connectivity index (χ3v) is 11.6. The molecule has 0 spiro atoms. The minimum Gasteiger partial charge on any atom is -0.148 e. The lowest BCUT2D eigenvalue weighted by molar-refractivity contribution is 0.238. The Balaban J connectivity index is 1.71. The van der Waals surface area contributed by atoms with E-state index in [9.17, 15) is 0 Å². The average molecular weight is 409 g/mol. The monoisotopic (exact) mass is 408 g/mol. The van der Waals surface area contributed by atoms with Crippen LogP contribution >= 0.6 is 19.3 Å². The SMILES string of the molecule is Clc1ccc(C[P+](N2CCCCC2)(N2CCCCC2)N2CCCCC2)cc1. The molecule has 3 fully saturated rings.